The van der Waals surface area contributed by atoms with Gasteiger partial charge >= 0.3 is 0 Å². The maximum atomic E-state index is 10.2. The van der Waals surface area contributed by atoms with Crippen molar-refractivity contribution in [3.8, 4) is 35.0 Å². The molecule has 4 heterocycles. The average Bonchev–Trinajstić information content (AvgIpc) is 4.09. The zero-order valence-corrected chi connectivity index (χ0v) is 39.5. The maximum absolute atomic E-state index is 10.2. The van der Waals surface area contributed by atoms with Crippen molar-refractivity contribution in [3.63, 3.8) is 0 Å². The van der Waals surface area contributed by atoms with Crippen LogP contribution in [0, 0.1) is 11.3 Å². The second-order valence-corrected chi connectivity index (χ2v) is 21.1. The number of rotatable bonds is 8. The summed E-state index contributed by atoms with van der Waals surface area (Å²) in [7, 11) is -2.04. The molecule has 72 heavy (non-hydrogen) atoms. The van der Waals surface area contributed by atoms with Gasteiger partial charge in [-0.2, -0.15) is 20.2 Å². The summed E-state index contributed by atoms with van der Waals surface area (Å²) < 4.78 is 6.63. The smallest absolute Gasteiger partial charge is 0.240 e. The lowest BCUT2D eigenvalue weighted by Crippen LogP contribution is -2.10. The van der Waals surface area contributed by atoms with E-state index in [1.807, 2.05) is 30.3 Å². The summed E-state index contributed by atoms with van der Waals surface area (Å²) in [4.78, 5) is 21.3. The minimum Gasteiger partial charge on any atom is -0.309 e. The van der Waals surface area contributed by atoms with E-state index >= 15 is 0 Å². The van der Waals surface area contributed by atoms with Gasteiger partial charge in [0.25, 0.3) is 0 Å². The van der Waals surface area contributed by atoms with Crippen molar-refractivity contribution in [3.05, 3.63) is 254 Å². The first-order valence-corrected chi connectivity index (χ1v) is 25.6. The Bertz CT molecular complexity index is 4320. The highest BCUT2D eigenvalue weighted by Gasteiger charge is 2.34. The number of para-hydroxylation sites is 4. The van der Waals surface area contributed by atoms with E-state index in [2.05, 4.69) is 238 Å². The molecular formula is C64H41N7S. The summed E-state index contributed by atoms with van der Waals surface area (Å²) in [5.74, 6) is 1.45. The molecule has 7 nitrogen and oxygen atoms in total. The normalized spacial score (nSPS) is 12.1. The maximum Gasteiger partial charge on any atom is 0.240 e. The summed E-state index contributed by atoms with van der Waals surface area (Å²) in [6, 6.07) is 90.4. The number of hydrogen-bond acceptors (Lipinski definition) is 4. The van der Waals surface area contributed by atoms with Crippen LogP contribution >= 0.6 is 10.0 Å². The van der Waals surface area contributed by atoms with Gasteiger partial charge in [0.15, 0.2) is 5.82 Å². The van der Waals surface area contributed by atoms with E-state index in [-0.39, 0.29) is 0 Å². The van der Waals surface area contributed by atoms with Crippen molar-refractivity contribution in [2.24, 2.45) is 0 Å². The fourth-order valence-corrected chi connectivity index (χ4v) is 14.9. The van der Waals surface area contributed by atoms with E-state index in [1.165, 1.54) is 25.5 Å². The molecule has 0 N–H and O–H groups in total. The fraction of sp³-hybridized carbons (Fsp3) is 0. The minimum atomic E-state index is -2.04. The van der Waals surface area contributed by atoms with Gasteiger partial charge in [-0.25, -0.2) is 0 Å². The van der Waals surface area contributed by atoms with Gasteiger partial charge < -0.3 is 4.57 Å². The molecule has 0 bridgehead atoms. The van der Waals surface area contributed by atoms with E-state index in [0.717, 1.165) is 70.8 Å². The van der Waals surface area contributed by atoms with E-state index in [1.54, 1.807) is 0 Å². The summed E-state index contributed by atoms with van der Waals surface area (Å²) in [5, 5.41) is 16.9. The van der Waals surface area contributed by atoms with Crippen LogP contribution in [-0.2, 0) is 0 Å². The van der Waals surface area contributed by atoms with Crippen LogP contribution in [0.2, 0.25) is 0 Å². The van der Waals surface area contributed by atoms with Crippen molar-refractivity contribution in [2.75, 3.05) is 0 Å². The molecule has 0 unspecified atom stereocenters. The topological polar surface area (TPSA) is 77.2 Å². The van der Waals surface area contributed by atoms with Crippen LogP contribution in [0.25, 0.3) is 94.4 Å². The lowest BCUT2D eigenvalue weighted by atomic mass is 10.1. The number of nitriles is 1. The first kappa shape index (κ1) is 41.4. The third kappa shape index (κ3) is 6.28. The summed E-state index contributed by atoms with van der Waals surface area (Å²) in [6.07, 6.45) is 0. The fourth-order valence-electron chi connectivity index (χ4n) is 11.0. The highest BCUT2D eigenvalue weighted by Crippen LogP contribution is 2.73. The molecule has 0 atom stereocenters. The number of nitrogens with zero attached hydrogens (tertiary/aromatic N) is 7. The molecule has 14 aromatic rings. The molecule has 0 radical (unpaired) electrons. The van der Waals surface area contributed by atoms with E-state index in [9.17, 15) is 5.26 Å². The minimum absolute atomic E-state index is 0.447. The molecule has 0 spiro atoms. The Kier molecular flexibility index (Phi) is 9.53. The van der Waals surface area contributed by atoms with Crippen molar-refractivity contribution in [1.29, 1.82) is 5.26 Å². The Morgan fingerprint density at radius 3 is 1.28 bits per heavy atom. The van der Waals surface area contributed by atoms with Gasteiger partial charge in [0.1, 0.15) is 0 Å². The SMILES string of the molecule is N#Cc1ccc2c3ccccc3n(-c3nc(-c4cccc(S(c5ccccc5)(c5ccccc5)c5ccccc5)c4)nc(-n4c5ccccc5c5cc(-n6c7ccccc7c7ccccc76)ccc54)n3)c2c1. The van der Waals surface area contributed by atoms with Gasteiger partial charge in [-0.05, 0) is 103 Å². The van der Waals surface area contributed by atoms with Crippen LogP contribution in [0.3, 0.4) is 0 Å². The Balaban J connectivity index is 1.05. The van der Waals surface area contributed by atoms with E-state index < -0.39 is 10.0 Å². The molecule has 4 aromatic heterocycles. The van der Waals surface area contributed by atoms with Crippen LogP contribution in [0.5, 0.6) is 0 Å². The highest BCUT2D eigenvalue weighted by atomic mass is 32.3. The quantitative estimate of drug-likeness (QED) is 0.152. The molecule has 0 aliphatic heterocycles. The first-order valence-electron chi connectivity index (χ1n) is 24.0. The van der Waals surface area contributed by atoms with Gasteiger partial charge in [0.05, 0.1) is 44.7 Å². The number of hydrogen-bond donors (Lipinski definition) is 0. The molecule has 10 aromatic carbocycles. The molecule has 0 fully saturated rings. The van der Waals surface area contributed by atoms with Crippen LogP contribution in [0.1, 0.15) is 5.56 Å². The summed E-state index contributed by atoms with van der Waals surface area (Å²) in [5.41, 5.74) is 8.48. The predicted octanol–water partition coefficient (Wildman–Crippen LogP) is 16.0. The summed E-state index contributed by atoms with van der Waals surface area (Å²) in [6.45, 7) is 0. The van der Waals surface area contributed by atoms with Crippen LogP contribution in [-0.4, -0.2) is 28.7 Å². The zero-order chi connectivity index (χ0) is 47.8. The van der Waals surface area contributed by atoms with Gasteiger partial charge in [0.2, 0.25) is 11.9 Å². The average molecular weight is 940 g/mol. The van der Waals surface area contributed by atoms with Gasteiger partial charge in [-0.3, -0.25) is 9.13 Å². The van der Waals surface area contributed by atoms with E-state index in [0.29, 0.717) is 23.3 Å². The number of fused-ring (bicyclic) bond motifs is 9. The molecule has 0 aliphatic rings. The number of benzene rings is 10. The van der Waals surface area contributed by atoms with E-state index in [4.69, 9.17) is 15.0 Å². The van der Waals surface area contributed by atoms with Crippen molar-refractivity contribution in [1.82, 2.24) is 28.7 Å². The van der Waals surface area contributed by atoms with Crippen molar-refractivity contribution >= 4 is 75.4 Å². The largest absolute Gasteiger partial charge is 0.309 e. The highest BCUT2D eigenvalue weighted by molar-refractivity contribution is 8.34. The van der Waals surface area contributed by atoms with Crippen LogP contribution < -0.4 is 0 Å². The molecular weight excluding hydrogens is 899 g/mol. The molecule has 0 aliphatic carbocycles. The lowest BCUT2D eigenvalue weighted by molar-refractivity contribution is 0.892. The van der Waals surface area contributed by atoms with Crippen LogP contribution in [0.4, 0.5) is 0 Å². The molecule has 0 amide bonds. The monoisotopic (exact) mass is 939 g/mol. The second kappa shape index (κ2) is 16.6. The summed E-state index contributed by atoms with van der Waals surface area (Å²) >= 11 is 0. The van der Waals surface area contributed by atoms with Crippen LogP contribution in [0.15, 0.2) is 268 Å². The Morgan fingerprint density at radius 2 is 0.750 bits per heavy atom. The molecule has 8 heteroatoms. The van der Waals surface area contributed by atoms with Crippen molar-refractivity contribution in [2.45, 2.75) is 19.6 Å². The first-order chi connectivity index (χ1) is 35.7. The predicted molar refractivity (Wildman–Crippen MR) is 293 cm³/mol. The van der Waals surface area contributed by atoms with Gasteiger partial charge in [-0.1, -0.05) is 146 Å². The molecule has 0 saturated carbocycles. The third-order valence-corrected chi connectivity index (χ3v) is 17.9. The van der Waals surface area contributed by atoms with Gasteiger partial charge in [0, 0.05) is 63.2 Å². The van der Waals surface area contributed by atoms with Gasteiger partial charge in [-0.15, -0.1) is 10.0 Å². The third-order valence-electron chi connectivity index (χ3n) is 14.0. The van der Waals surface area contributed by atoms with Crippen molar-refractivity contribution < 1.29 is 0 Å². The number of aromatic nitrogens is 6. The standard InChI is InChI=1S/C64H41N7S/c65-42-43-35-37-54-52-29-12-16-33-58(52)71(61(54)39-43)64-67-62(44-19-18-26-49(40-44)72(46-20-4-1-5-21-46,47-22-6-2-7-23-47)48-24-8-3-9-25-48)66-63(68-64)70-59-34-17-13-30-53(59)55-41-45(36-38-60(55)70)69-56-31-14-10-27-50(56)51-28-11-15-32-57(51)69/h1-41H. The Morgan fingerprint density at radius 1 is 0.319 bits per heavy atom. The zero-order valence-electron chi connectivity index (χ0n) is 38.7. The molecule has 14 rings (SSSR count). The molecule has 338 valence electrons. The Hall–Kier alpha value is -9.55. The molecule has 0 saturated heterocycles. The lowest BCUT2D eigenvalue weighted by Gasteiger charge is -2.42. The second-order valence-electron chi connectivity index (χ2n) is 18.0. The Labute approximate surface area is 416 Å².